The Bertz CT molecular complexity index is 1190. The maximum absolute atomic E-state index is 11.4. The van der Waals surface area contributed by atoms with Crippen LogP contribution in [-0.2, 0) is 24.9 Å². The number of aliphatic hydroxyl groups is 1. The minimum absolute atomic E-state index is 0. The summed E-state index contributed by atoms with van der Waals surface area (Å²) in [4.78, 5) is 16.0. The molecule has 1 aromatic heterocycles. The zero-order valence-electron chi connectivity index (χ0n) is 20.6. The number of aromatic nitrogens is 1. The van der Waals surface area contributed by atoms with Gasteiger partial charge in [0.2, 0.25) is 0 Å². The van der Waals surface area contributed by atoms with Crippen molar-refractivity contribution in [3.8, 4) is 11.3 Å². The van der Waals surface area contributed by atoms with E-state index in [1.54, 1.807) is 0 Å². The second-order valence-corrected chi connectivity index (χ2v) is 9.85. The van der Waals surface area contributed by atoms with Crippen molar-refractivity contribution in [3.05, 3.63) is 76.7 Å². The number of nitrogens with zero attached hydrogens (tertiary/aromatic N) is 1. The fraction of sp³-hybridized carbons (Fsp3) is 0.400. The molecule has 3 nitrogen and oxygen atoms in total. The Morgan fingerprint density at radius 3 is 2.41 bits per heavy atom. The monoisotopic (exact) mass is 633 g/mol. The van der Waals surface area contributed by atoms with Crippen LogP contribution in [0.1, 0.15) is 75.0 Å². The minimum atomic E-state index is 0. The van der Waals surface area contributed by atoms with E-state index < -0.39 is 0 Å². The molecule has 0 bridgehead atoms. The number of benzene rings is 2. The summed E-state index contributed by atoms with van der Waals surface area (Å²) in [5.74, 6) is 1.52. The third kappa shape index (κ3) is 6.03. The first-order valence-corrected chi connectivity index (χ1v) is 12.2. The molecule has 181 valence electrons. The van der Waals surface area contributed by atoms with Crippen LogP contribution in [0, 0.1) is 25.8 Å². The number of aryl methyl sites for hydroxylation is 2. The van der Waals surface area contributed by atoms with E-state index in [4.69, 9.17) is 0 Å². The fourth-order valence-electron chi connectivity index (χ4n) is 5.05. The van der Waals surface area contributed by atoms with Gasteiger partial charge in [0, 0.05) is 44.7 Å². The second kappa shape index (κ2) is 11.4. The topological polar surface area (TPSA) is 50.2 Å². The Morgan fingerprint density at radius 1 is 1.00 bits per heavy atom. The van der Waals surface area contributed by atoms with Gasteiger partial charge >= 0.3 is 0 Å². The zero-order valence-corrected chi connectivity index (χ0v) is 23.0. The van der Waals surface area contributed by atoms with Crippen LogP contribution in [0.25, 0.3) is 22.0 Å². The summed E-state index contributed by atoms with van der Waals surface area (Å²) in [6.07, 6.45) is 7.61. The molecule has 1 N–H and O–H groups in total. The van der Waals surface area contributed by atoms with Gasteiger partial charge in [-0.2, -0.15) is 0 Å². The Kier molecular flexibility index (Phi) is 8.84. The molecule has 1 heterocycles. The molecule has 1 atom stereocenters. The Hall–Kier alpha value is -2.29. The van der Waals surface area contributed by atoms with E-state index in [2.05, 4.69) is 75.1 Å². The molecule has 0 amide bonds. The average Bonchev–Trinajstić information content (AvgIpc) is 2.78. The summed E-state index contributed by atoms with van der Waals surface area (Å²) < 4.78 is 0. The third-order valence-electron chi connectivity index (χ3n) is 6.78. The van der Waals surface area contributed by atoms with Crippen LogP contribution in [0.15, 0.2) is 53.9 Å². The Morgan fingerprint density at radius 2 is 1.74 bits per heavy atom. The van der Waals surface area contributed by atoms with Gasteiger partial charge in [-0.1, -0.05) is 45.9 Å². The maximum Gasteiger partial charge on any atom is 0.162 e. The molecule has 1 saturated carbocycles. The van der Waals surface area contributed by atoms with Crippen molar-refractivity contribution in [2.75, 3.05) is 0 Å². The maximum atomic E-state index is 11.4. The van der Waals surface area contributed by atoms with E-state index in [0.29, 0.717) is 24.0 Å². The number of hydrogen-bond acceptors (Lipinski definition) is 3. The summed E-state index contributed by atoms with van der Waals surface area (Å²) >= 11 is 0. The molecule has 1 unspecified atom stereocenters. The molecule has 34 heavy (non-hydrogen) atoms. The number of fused-ring (bicyclic) bond motifs is 2. The van der Waals surface area contributed by atoms with Gasteiger partial charge in [-0.3, -0.25) is 4.79 Å². The SMILES string of the molecule is Cc1[c-]c(-c2cc3ccc(C(C)C)cc3cn2)cc(C)c1.O=C1CCCC2CCCC(O)=C12.[Ir]. The van der Waals surface area contributed by atoms with Gasteiger partial charge < -0.3 is 10.1 Å². The number of aliphatic hydroxyl groups excluding tert-OH is 1. The van der Waals surface area contributed by atoms with E-state index in [-0.39, 0.29) is 25.9 Å². The van der Waals surface area contributed by atoms with Crippen LogP contribution in [0.3, 0.4) is 0 Å². The van der Waals surface area contributed by atoms with E-state index >= 15 is 0 Å². The summed E-state index contributed by atoms with van der Waals surface area (Å²) in [5.41, 5.74) is 6.59. The van der Waals surface area contributed by atoms with Crippen molar-refractivity contribution in [1.29, 1.82) is 0 Å². The molecule has 2 aliphatic rings. The number of ketones is 1. The number of hydrogen-bond donors (Lipinski definition) is 1. The van der Waals surface area contributed by atoms with Crippen LogP contribution in [0.4, 0.5) is 0 Å². The van der Waals surface area contributed by atoms with E-state index in [1.165, 1.54) is 21.9 Å². The van der Waals surface area contributed by atoms with Crippen molar-refractivity contribution in [3.63, 3.8) is 0 Å². The number of allylic oxidation sites excluding steroid dienone is 2. The molecule has 4 heteroatoms. The average molecular weight is 633 g/mol. The van der Waals surface area contributed by atoms with Crippen LogP contribution >= 0.6 is 0 Å². The Labute approximate surface area is 217 Å². The van der Waals surface area contributed by atoms with Crippen molar-refractivity contribution in [1.82, 2.24) is 4.98 Å². The molecule has 0 spiro atoms. The van der Waals surface area contributed by atoms with Gasteiger partial charge in [0.05, 0.1) is 5.76 Å². The summed E-state index contributed by atoms with van der Waals surface area (Å²) in [6.45, 7) is 8.62. The van der Waals surface area contributed by atoms with Gasteiger partial charge in [0.1, 0.15) is 0 Å². The van der Waals surface area contributed by atoms with Crippen LogP contribution < -0.4 is 0 Å². The molecule has 2 aliphatic carbocycles. The van der Waals surface area contributed by atoms with Gasteiger partial charge in [0.15, 0.2) is 5.78 Å². The van der Waals surface area contributed by atoms with E-state index in [1.807, 2.05) is 6.20 Å². The van der Waals surface area contributed by atoms with Crippen LogP contribution in [0.5, 0.6) is 0 Å². The van der Waals surface area contributed by atoms with Crippen molar-refractivity contribution < 1.29 is 30.0 Å². The van der Waals surface area contributed by atoms with Crippen LogP contribution in [-0.4, -0.2) is 15.9 Å². The Balaban J connectivity index is 0.000000212. The number of pyridine rings is 1. The van der Waals surface area contributed by atoms with Crippen molar-refractivity contribution in [2.45, 2.75) is 72.1 Å². The molecular weight excluding hydrogens is 599 g/mol. The molecule has 1 radical (unpaired) electrons. The summed E-state index contributed by atoms with van der Waals surface area (Å²) in [7, 11) is 0. The second-order valence-electron chi connectivity index (χ2n) is 9.85. The molecular formula is C30H34IrNO2-. The first-order valence-electron chi connectivity index (χ1n) is 12.2. The number of carbonyl (C=O) groups is 1. The first-order chi connectivity index (χ1) is 15.8. The smallest absolute Gasteiger partial charge is 0.162 e. The number of carbonyl (C=O) groups excluding carboxylic acids is 1. The van der Waals surface area contributed by atoms with E-state index in [0.717, 1.165) is 54.5 Å². The first kappa shape index (κ1) is 26.3. The van der Waals surface area contributed by atoms with Crippen molar-refractivity contribution in [2.24, 2.45) is 5.92 Å². The predicted molar refractivity (Wildman–Crippen MR) is 135 cm³/mol. The van der Waals surface area contributed by atoms with Crippen molar-refractivity contribution >= 4 is 16.6 Å². The number of rotatable bonds is 2. The van der Waals surface area contributed by atoms with E-state index in [9.17, 15) is 9.90 Å². The predicted octanol–water partition coefficient (Wildman–Crippen LogP) is 7.79. The standard InChI is InChI=1S/C20H20N.C10H14O2.Ir/c1-13(2)16-5-6-17-11-20(21-12-19(17)10-16)18-8-14(3)7-15(4)9-18;11-8-5-1-3-7-4-2-6-9(12)10(7)8;/h5-8,10-13H,1-4H3;7,11H,1-6H2;/q-1;;. The largest absolute Gasteiger partial charge is 0.512 e. The molecule has 0 saturated heterocycles. The van der Waals surface area contributed by atoms with Gasteiger partial charge in [-0.05, 0) is 65.6 Å². The van der Waals surface area contributed by atoms with Gasteiger partial charge in [-0.25, -0.2) is 0 Å². The molecule has 5 rings (SSSR count). The molecule has 3 aromatic rings. The zero-order chi connectivity index (χ0) is 23.5. The summed E-state index contributed by atoms with van der Waals surface area (Å²) in [5, 5.41) is 12.0. The minimum Gasteiger partial charge on any atom is -0.512 e. The molecule has 2 aromatic carbocycles. The summed E-state index contributed by atoms with van der Waals surface area (Å²) in [6, 6.07) is 16.5. The normalized spacial score (nSPS) is 17.7. The molecule has 1 fully saturated rings. The van der Waals surface area contributed by atoms with Gasteiger partial charge in [-0.15, -0.1) is 34.9 Å². The van der Waals surface area contributed by atoms with Gasteiger partial charge in [0.25, 0.3) is 0 Å². The third-order valence-corrected chi connectivity index (χ3v) is 6.78. The number of Topliss-reactive ketones (excluding diaryl/α,β-unsaturated/α-hetero) is 1. The quantitative estimate of drug-likeness (QED) is 0.294. The fourth-order valence-corrected chi connectivity index (χ4v) is 5.05. The van der Waals surface area contributed by atoms with Crippen LogP contribution in [0.2, 0.25) is 0 Å². The molecule has 0 aliphatic heterocycles.